The predicted octanol–water partition coefficient (Wildman–Crippen LogP) is 1.43. The van der Waals surface area contributed by atoms with Gasteiger partial charge in [0.2, 0.25) is 0 Å². The number of nitro benzene ring substituents is 1. The van der Waals surface area contributed by atoms with Gasteiger partial charge in [-0.25, -0.2) is 14.6 Å². The van der Waals surface area contributed by atoms with Crippen molar-refractivity contribution in [2.45, 2.75) is 0 Å². The molecule has 1 rings (SSSR count). The van der Waals surface area contributed by atoms with E-state index in [0.29, 0.717) is 0 Å². The molecule has 1 aromatic carbocycles. The van der Waals surface area contributed by atoms with Gasteiger partial charge in [0.25, 0.3) is 5.69 Å². The molecule has 0 atom stereocenters. The summed E-state index contributed by atoms with van der Waals surface area (Å²) in [6.07, 6.45) is -0.691. The molecule has 0 aromatic heterocycles. The van der Waals surface area contributed by atoms with Crippen molar-refractivity contribution in [3.05, 3.63) is 33.9 Å². The first-order valence-electron chi connectivity index (χ1n) is 5.75. The first kappa shape index (κ1) is 16.2. The Morgan fingerprint density at radius 3 is 2.29 bits per heavy atom. The SMILES string of the molecule is COC(=O)c1ccc(N(C)N(C)C(=O)OC)c([N+](=O)[O-])c1. The summed E-state index contributed by atoms with van der Waals surface area (Å²) in [4.78, 5) is 33.4. The van der Waals surface area contributed by atoms with Crippen LogP contribution >= 0.6 is 0 Å². The smallest absolute Gasteiger partial charge is 0.428 e. The highest BCUT2D eigenvalue weighted by Crippen LogP contribution is 2.29. The van der Waals surface area contributed by atoms with E-state index < -0.39 is 17.0 Å². The van der Waals surface area contributed by atoms with E-state index in [1.165, 1.54) is 45.5 Å². The van der Waals surface area contributed by atoms with Crippen molar-refractivity contribution in [2.75, 3.05) is 33.3 Å². The molecular weight excluding hydrogens is 282 g/mol. The monoisotopic (exact) mass is 297 g/mol. The molecule has 1 amide bonds. The number of hydrogen-bond donors (Lipinski definition) is 0. The third kappa shape index (κ3) is 3.38. The molecule has 0 saturated carbocycles. The second kappa shape index (κ2) is 6.55. The van der Waals surface area contributed by atoms with E-state index in [1.54, 1.807) is 0 Å². The number of amides is 1. The molecule has 0 radical (unpaired) electrons. The van der Waals surface area contributed by atoms with Gasteiger partial charge >= 0.3 is 12.1 Å². The average Bonchev–Trinajstić information content (AvgIpc) is 2.51. The standard InChI is InChI=1S/C12H15N3O6/c1-13(14(2)12(17)21-4)9-6-5-8(11(16)20-3)7-10(9)15(18)19/h5-7H,1-4H3. The Morgan fingerprint density at radius 1 is 1.19 bits per heavy atom. The summed E-state index contributed by atoms with van der Waals surface area (Å²) in [5, 5.41) is 13.4. The van der Waals surface area contributed by atoms with E-state index in [-0.39, 0.29) is 16.9 Å². The Labute approximate surface area is 120 Å². The number of esters is 1. The van der Waals surface area contributed by atoms with Gasteiger partial charge in [-0.15, -0.1) is 0 Å². The van der Waals surface area contributed by atoms with E-state index in [4.69, 9.17) is 0 Å². The fourth-order valence-electron chi connectivity index (χ4n) is 1.60. The number of rotatable bonds is 4. The van der Waals surface area contributed by atoms with Crippen LogP contribution in [0.4, 0.5) is 16.2 Å². The quantitative estimate of drug-likeness (QED) is 0.470. The summed E-state index contributed by atoms with van der Waals surface area (Å²) < 4.78 is 9.05. The van der Waals surface area contributed by atoms with Crippen molar-refractivity contribution in [2.24, 2.45) is 0 Å². The van der Waals surface area contributed by atoms with Crippen LogP contribution in [0.5, 0.6) is 0 Å². The summed E-state index contributed by atoms with van der Waals surface area (Å²) in [5.41, 5.74) is -0.168. The van der Waals surface area contributed by atoms with Crippen LogP contribution < -0.4 is 5.01 Å². The second-order valence-electron chi connectivity index (χ2n) is 3.97. The van der Waals surface area contributed by atoms with Gasteiger partial charge in [-0.05, 0) is 12.1 Å². The van der Waals surface area contributed by atoms with Gasteiger partial charge < -0.3 is 9.47 Å². The molecule has 9 nitrogen and oxygen atoms in total. The van der Waals surface area contributed by atoms with Crippen LogP contribution in [-0.4, -0.2) is 50.3 Å². The Hall–Kier alpha value is -2.84. The summed E-state index contributed by atoms with van der Waals surface area (Å²) in [6.45, 7) is 0. The number of benzene rings is 1. The first-order valence-corrected chi connectivity index (χ1v) is 5.75. The number of anilines is 1. The van der Waals surface area contributed by atoms with E-state index >= 15 is 0 Å². The number of hydrogen-bond acceptors (Lipinski definition) is 7. The Bertz CT molecular complexity index is 574. The summed E-state index contributed by atoms with van der Waals surface area (Å²) in [7, 11) is 5.22. The molecular formula is C12H15N3O6. The lowest BCUT2D eigenvalue weighted by molar-refractivity contribution is -0.384. The number of ether oxygens (including phenoxy) is 2. The minimum Gasteiger partial charge on any atom is -0.465 e. The molecule has 0 unspecified atom stereocenters. The highest BCUT2D eigenvalue weighted by atomic mass is 16.6. The maximum atomic E-state index is 11.4. The largest absolute Gasteiger partial charge is 0.465 e. The minimum atomic E-state index is -0.691. The molecule has 0 fully saturated rings. The Balaban J connectivity index is 3.26. The van der Waals surface area contributed by atoms with E-state index in [0.717, 1.165) is 11.1 Å². The molecule has 114 valence electrons. The normalized spacial score (nSPS) is 9.71. The zero-order valence-electron chi connectivity index (χ0n) is 12.0. The highest BCUT2D eigenvalue weighted by molar-refractivity contribution is 5.91. The van der Waals surface area contributed by atoms with Gasteiger partial charge in [0.1, 0.15) is 5.69 Å². The van der Waals surface area contributed by atoms with Crippen LogP contribution in [-0.2, 0) is 9.47 Å². The lowest BCUT2D eigenvalue weighted by Gasteiger charge is -2.28. The molecule has 0 saturated heterocycles. The summed E-state index contributed by atoms with van der Waals surface area (Å²) in [5.74, 6) is -0.686. The third-order valence-corrected chi connectivity index (χ3v) is 2.83. The van der Waals surface area contributed by atoms with Crippen molar-refractivity contribution in [3.63, 3.8) is 0 Å². The van der Waals surface area contributed by atoms with Crippen molar-refractivity contribution < 1.29 is 24.0 Å². The van der Waals surface area contributed by atoms with Gasteiger partial charge in [0, 0.05) is 20.2 Å². The fourth-order valence-corrected chi connectivity index (χ4v) is 1.60. The Kier molecular flexibility index (Phi) is 5.06. The number of nitro groups is 1. The van der Waals surface area contributed by atoms with Crippen LogP contribution in [0.3, 0.4) is 0 Å². The van der Waals surface area contributed by atoms with Crippen molar-refractivity contribution in [3.8, 4) is 0 Å². The first-order chi connectivity index (χ1) is 9.83. The maximum Gasteiger partial charge on any atom is 0.428 e. The van der Waals surface area contributed by atoms with Crippen molar-refractivity contribution >= 4 is 23.4 Å². The zero-order chi connectivity index (χ0) is 16.2. The molecule has 0 N–H and O–H groups in total. The number of methoxy groups -OCH3 is 2. The molecule has 9 heteroatoms. The third-order valence-electron chi connectivity index (χ3n) is 2.83. The molecule has 1 aromatic rings. The van der Waals surface area contributed by atoms with E-state index in [2.05, 4.69) is 9.47 Å². The predicted molar refractivity (Wildman–Crippen MR) is 73.0 cm³/mol. The van der Waals surface area contributed by atoms with Gasteiger partial charge in [0.15, 0.2) is 0 Å². The number of nitrogens with zero attached hydrogens (tertiary/aromatic N) is 3. The lowest BCUT2D eigenvalue weighted by Crippen LogP contribution is -2.41. The van der Waals surface area contributed by atoms with E-state index in [9.17, 15) is 19.7 Å². The molecule has 0 aliphatic heterocycles. The molecule has 0 spiro atoms. The van der Waals surface area contributed by atoms with Crippen molar-refractivity contribution in [1.82, 2.24) is 5.01 Å². The van der Waals surface area contributed by atoms with E-state index in [1.807, 2.05) is 0 Å². The summed E-state index contributed by atoms with van der Waals surface area (Å²) in [6, 6.07) is 3.81. The molecule has 0 heterocycles. The van der Waals surface area contributed by atoms with Gasteiger partial charge in [-0.1, -0.05) is 0 Å². The minimum absolute atomic E-state index is 0.0436. The topological polar surface area (TPSA) is 102 Å². The average molecular weight is 297 g/mol. The van der Waals surface area contributed by atoms with Crippen molar-refractivity contribution in [1.29, 1.82) is 0 Å². The molecule has 0 bridgehead atoms. The van der Waals surface area contributed by atoms with Gasteiger partial charge in [0.05, 0.1) is 24.7 Å². The molecule has 0 aliphatic carbocycles. The van der Waals surface area contributed by atoms with Crippen LogP contribution in [0.2, 0.25) is 0 Å². The van der Waals surface area contributed by atoms with Crippen LogP contribution in [0.1, 0.15) is 10.4 Å². The summed E-state index contributed by atoms with van der Waals surface area (Å²) >= 11 is 0. The lowest BCUT2D eigenvalue weighted by atomic mass is 10.1. The van der Waals surface area contributed by atoms with Gasteiger partial charge in [-0.2, -0.15) is 0 Å². The van der Waals surface area contributed by atoms with Gasteiger partial charge in [-0.3, -0.25) is 15.1 Å². The zero-order valence-corrected chi connectivity index (χ0v) is 12.0. The van der Waals surface area contributed by atoms with Crippen LogP contribution in [0.25, 0.3) is 0 Å². The second-order valence-corrected chi connectivity index (χ2v) is 3.97. The fraction of sp³-hybridized carbons (Fsp3) is 0.333. The Morgan fingerprint density at radius 2 is 1.81 bits per heavy atom. The number of hydrazine groups is 1. The molecule has 0 aliphatic rings. The van der Waals surface area contributed by atoms with Crippen LogP contribution in [0, 0.1) is 10.1 Å². The number of carbonyl (C=O) groups is 2. The molecule has 21 heavy (non-hydrogen) atoms. The van der Waals surface area contributed by atoms with Crippen LogP contribution in [0.15, 0.2) is 18.2 Å². The maximum absolute atomic E-state index is 11.4. The number of carbonyl (C=O) groups excluding carboxylic acids is 2. The highest BCUT2D eigenvalue weighted by Gasteiger charge is 2.24.